The molecule has 0 N–H and O–H groups in total. The van der Waals surface area contributed by atoms with Gasteiger partial charge in [-0.25, -0.2) is 4.39 Å². The molecule has 0 heterocycles. The van der Waals surface area contributed by atoms with Crippen molar-refractivity contribution in [2.45, 2.75) is 26.7 Å². The Kier molecular flexibility index (Phi) is 5.45. The number of aryl methyl sites for hydroxylation is 2. The standard InChI is InChI=1S/C28H23F/c1-3-20-5-7-22(8-6-20)9-10-23-13-17-27-25(19-23)16-18-26(28(27)29)24-14-11-21(4-2)12-15-24/h5-8,11-19H,3-4H2,1-2H3. The van der Waals surface area contributed by atoms with E-state index in [1.54, 1.807) is 0 Å². The van der Waals surface area contributed by atoms with Crippen molar-refractivity contribution in [1.29, 1.82) is 0 Å². The van der Waals surface area contributed by atoms with E-state index in [0.717, 1.165) is 34.9 Å². The maximum atomic E-state index is 15.2. The predicted molar refractivity (Wildman–Crippen MR) is 121 cm³/mol. The molecule has 4 rings (SSSR count). The van der Waals surface area contributed by atoms with Gasteiger partial charge in [-0.1, -0.05) is 80.3 Å². The lowest BCUT2D eigenvalue weighted by atomic mass is 9.98. The third-order valence-corrected chi connectivity index (χ3v) is 5.34. The molecule has 0 amide bonds. The highest BCUT2D eigenvalue weighted by Crippen LogP contribution is 2.29. The number of hydrogen-bond acceptors (Lipinski definition) is 0. The van der Waals surface area contributed by atoms with Crippen LogP contribution in [0.5, 0.6) is 0 Å². The summed E-state index contributed by atoms with van der Waals surface area (Å²) in [6.07, 6.45) is 2.00. The van der Waals surface area contributed by atoms with Crippen LogP contribution < -0.4 is 0 Å². The lowest BCUT2D eigenvalue weighted by molar-refractivity contribution is 0.643. The fourth-order valence-corrected chi connectivity index (χ4v) is 3.48. The normalized spacial score (nSPS) is 10.6. The second kappa shape index (κ2) is 8.33. The Morgan fingerprint density at radius 2 is 1.24 bits per heavy atom. The molecule has 1 heteroatoms. The van der Waals surface area contributed by atoms with Gasteiger partial charge in [-0.3, -0.25) is 0 Å². The van der Waals surface area contributed by atoms with Crippen LogP contribution in [0.25, 0.3) is 21.9 Å². The van der Waals surface area contributed by atoms with E-state index in [1.807, 2.05) is 54.6 Å². The van der Waals surface area contributed by atoms with Crippen LogP contribution >= 0.6 is 0 Å². The summed E-state index contributed by atoms with van der Waals surface area (Å²) in [5.41, 5.74) is 5.96. The summed E-state index contributed by atoms with van der Waals surface area (Å²) in [6, 6.07) is 25.9. The zero-order chi connectivity index (χ0) is 20.2. The summed E-state index contributed by atoms with van der Waals surface area (Å²) < 4.78 is 15.2. The molecular formula is C28H23F. The molecule has 142 valence electrons. The van der Waals surface area contributed by atoms with Crippen molar-refractivity contribution in [3.63, 3.8) is 0 Å². The number of benzene rings is 4. The molecule has 29 heavy (non-hydrogen) atoms. The monoisotopic (exact) mass is 378 g/mol. The van der Waals surface area contributed by atoms with Gasteiger partial charge in [-0.15, -0.1) is 0 Å². The van der Waals surface area contributed by atoms with Crippen molar-refractivity contribution >= 4 is 10.8 Å². The minimum atomic E-state index is -0.179. The van der Waals surface area contributed by atoms with Gasteiger partial charge in [0, 0.05) is 22.1 Å². The summed E-state index contributed by atoms with van der Waals surface area (Å²) in [4.78, 5) is 0. The lowest BCUT2D eigenvalue weighted by Gasteiger charge is -2.08. The van der Waals surface area contributed by atoms with Crippen molar-refractivity contribution in [2.24, 2.45) is 0 Å². The van der Waals surface area contributed by atoms with E-state index in [4.69, 9.17) is 0 Å². The van der Waals surface area contributed by atoms with Crippen LogP contribution in [0, 0.1) is 17.7 Å². The highest BCUT2D eigenvalue weighted by Gasteiger charge is 2.09. The fourth-order valence-electron chi connectivity index (χ4n) is 3.48. The van der Waals surface area contributed by atoms with Gasteiger partial charge < -0.3 is 0 Å². The van der Waals surface area contributed by atoms with Crippen molar-refractivity contribution in [3.05, 3.63) is 107 Å². The molecule has 0 bridgehead atoms. The van der Waals surface area contributed by atoms with Crippen LogP contribution in [0.15, 0.2) is 78.9 Å². The van der Waals surface area contributed by atoms with Gasteiger partial charge in [-0.05, 0) is 59.2 Å². The second-order valence-electron chi connectivity index (χ2n) is 7.21. The molecule has 0 aliphatic rings. The minimum Gasteiger partial charge on any atom is -0.206 e. The van der Waals surface area contributed by atoms with E-state index in [-0.39, 0.29) is 5.82 Å². The first-order valence-electron chi connectivity index (χ1n) is 10.1. The predicted octanol–water partition coefficient (Wildman–Crippen LogP) is 7.17. The number of fused-ring (bicyclic) bond motifs is 1. The van der Waals surface area contributed by atoms with Crippen LogP contribution in [0.1, 0.15) is 36.1 Å². The quantitative estimate of drug-likeness (QED) is 0.331. The largest absolute Gasteiger partial charge is 0.206 e. The summed E-state index contributed by atoms with van der Waals surface area (Å²) >= 11 is 0. The molecule has 0 aliphatic carbocycles. The molecule has 0 saturated carbocycles. The molecule has 4 aromatic rings. The van der Waals surface area contributed by atoms with E-state index in [1.165, 1.54) is 11.1 Å². The van der Waals surface area contributed by atoms with Gasteiger partial charge in [-0.2, -0.15) is 0 Å². The first-order chi connectivity index (χ1) is 14.2. The van der Waals surface area contributed by atoms with E-state index in [2.05, 4.69) is 50.0 Å². The topological polar surface area (TPSA) is 0 Å². The first kappa shape index (κ1) is 19.0. The van der Waals surface area contributed by atoms with Crippen LogP contribution in [0.2, 0.25) is 0 Å². The van der Waals surface area contributed by atoms with Crippen LogP contribution in [-0.4, -0.2) is 0 Å². The molecular weight excluding hydrogens is 355 g/mol. The molecule has 0 atom stereocenters. The number of rotatable bonds is 3. The third kappa shape index (κ3) is 4.08. The average Bonchev–Trinajstić information content (AvgIpc) is 2.78. The number of halogens is 1. The second-order valence-corrected chi connectivity index (χ2v) is 7.21. The molecule has 0 radical (unpaired) electrons. The molecule has 0 saturated heterocycles. The molecule has 4 aromatic carbocycles. The summed E-state index contributed by atoms with van der Waals surface area (Å²) in [5, 5.41) is 1.49. The zero-order valence-corrected chi connectivity index (χ0v) is 16.8. The highest BCUT2D eigenvalue weighted by molar-refractivity contribution is 5.89. The van der Waals surface area contributed by atoms with Gasteiger partial charge in [0.25, 0.3) is 0 Å². The Morgan fingerprint density at radius 3 is 1.90 bits per heavy atom. The fraction of sp³-hybridized carbons (Fsp3) is 0.143. The first-order valence-corrected chi connectivity index (χ1v) is 10.1. The summed E-state index contributed by atoms with van der Waals surface area (Å²) in [5.74, 6) is 6.21. The van der Waals surface area contributed by atoms with Gasteiger partial charge in [0.1, 0.15) is 5.82 Å². The van der Waals surface area contributed by atoms with Crippen LogP contribution in [-0.2, 0) is 12.8 Å². The van der Waals surface area contributed by atoms with Crippen LogP contribution in [0.4, 0.5) is 4.39 Å². The van der Waals surface area contributed by atoms with E-state index >= 15 is 4.39 Å². The molecule has 0 aromatic heterocycles. The Balaban J connectivity index is 1.66. The SMILES string of the molecule is CCc1ccc(C#Cc2ccc3c(F)c(-c4ccc(CC)cc4)ccc3c2)cc1. The van der Waals surface area contributed by atoms with E-state index in [0.29, 0.717) is 10.9 Å². The summed E-state index contributed by atoms with van der Waals surface area (Å²) in [6.45, 7) is 4.26. The van der Waals surface area contributed by atoms with Gasteiger partial charge in [0.15, 0.2) is 0 Å². The number of hydrogen-bond donors (Lipinski definition) is 0. The average molecular weight is 378 g/mol. The maximum Gasteiger partial charge on any atom is 0.138 e. The van der Waals surface area contributed by atoms with Crippen molar-refractivity contribution in [1.82, 2.24) is 0 Å². The minimum absolute atomic E-state index is 0.179. The Labute approximate surface area is 172 Å². The van der Waals surface area contributed by atoms with Crippen molar-refractivity contribution in [2.75, 3.05) is 0 Å². The zero-order valence-electron chi connectivity index (χ0n) is 16.8. The van der Waals surface area contributed by atoms with E-state index in [9.17, 15) is 0 Å². The van der Waals surface area contributed by atoms with Crippen LogP contribution in [0.3, 0.4) is 0 Å². The molecule has 0 spiro atoms. The molecule has 0 fully saturated rings. The lowest BCUT2D eigenvalue weighted by Crippen LogP contribution is -1.89. The molecule has 0 unspecified atom stereocenters. The molecule has 0 nitrogen and oxygen atoms in total. The van der Waals surface area contributed by atoms with E-state index < -0.39 is 0 Å². The maximum absolute atomic E-state index is 15.2. The Bertz CT molecular complexity index is 1200. The van der Waals surface area contributed by atoms with Crippen molar-refractivity contribution < 1.29 is 4.39 Å². The smallest absolute Gasteiger partial charge is 0.138 e. The Hall–Kier alpha value is -3.37. The van der Waals surface area contributed by atoms with Gasteiger partial charge in [0.05, 0.1) is 0 Å². The molecule has 0 aliphatic heterocycles. The summed E-state index contributed by atoms with van der Waals surface area (Å²) in [7, 11) is 0. The van der Waals surface area contributed by atoms with Gasteiger partial charge >= 0.3 is 0 Å². The highest BCUT2D eigenvalue weighted by atomic mass is 19.1. The third-order valence-electron chi connectivity index (χ3n) is 5.34. The van der Waals surface area contributed by atoms with Gasteiger partial charge in [0.2, 0.25) is 0 Å². The van der Waals surface area contributed by atoms with Crippen molar-refractivity contribution in [3.8, 4) is 23.0 Å². The Morgan fingerprint density at radius 1 is 0.655 bits per heavy atom.